The Kier molecular flexibility index (Phi) is 8.30. The van der Waals surface area contributed by atoms with Gasteiger partial charge in [-0.3, -0.25) is 9.78 Å². The second-order valence-corrected chi connectivity index (χ2v) is 9.72. The highest BCUT2D eigenvalue weighted by molar-refractivity contribution is 5.92. The highest BCUT2D eigenvalue weighted by Crippen LogP contribution is 2.26. The number of pyridine rings is 1. The van der Waals surface area contributed by atoms with Crippen molar-refractivity contribution >= 4 is 12.0 Å². The molecular formula is C28H37N3O2. The Morgan fingerprint density at radius 2 is 1.79 bits per heavy atom. The molecule has 1 N–H and O–H groups in total. The van der Waals surface area contributed by atoms with Gasteiger partial charge in [0, 0.05) is 55.9 Å². The summed E-state index contributed by atoms with van der Waals surface area (Å²) in [6.45, 7) is 5.04. The number of rotatable bonds is 7. The molecule has 176 valence electrons. The average Bonchev–Trinajstić information content (AvgIpc) is 2.85. The molecule has 33 heavy (non-hydrogen) atoms. The molecule has 0 spiro atoms. The van der Waals surface area contributed by atoms with Gasteiger partial charge in [0.05, 0.1) is 0 Å². The molecular weight excluding hydrogens is 410 g/mol. The van der Waals surface area contributed by atoms with Crippen molar-refractivity contribution in [3.8, 4) is 11.1 Å². The highest BCUT2D eigenvalue weighted by atomic mass is 16.5. The van der Waals surface area contributed by atoms with Crippen LogP contribution in [0.4, 0.5) is 0 Å². The lowest BCUT2D eigenvalue weighted by Gasteiger charge is -2.36. The van der Waals surface area contributed by atoms with Crippen molar-refractivity contribution in [3.05, 3.63) is 59.9 Å². The number of ether oxygens (including phenoxy) is 1. The van der Waals surface area contributed by atoms with E-state index < -0.39 is 0 Å². The number of aromatic nitrogens is 1. The topological polar surface area (TPSA) is 54.5 Å². The monoisotopic (exact) mass is 447 g/mol. The molecule has 2 fully saturated rings. The van der Waals surface area contributed by atoms with Crippen LogP contribution in [0.2, 0.25) is 0 Å². The fourth-order valence-corrected chi connectivity index (χ4v) is 5.05. The van der Waals surface area contributed by atoms with Gasteiger partial charge in [-0.1, -0.05) is 29.8 Å². The Balaban J connectivity index is 1.22. The normalized spacial score (nSPS) is 22.0. The molecule has 0 bridgehead atoms. The minimum Gasteiger partial charge on any atom is -0.381 e. The first kappa shape index (κ1) is 23.7. The van der Waals surface area contributed by atoms with Gasteiger partial charge in [-0.15, -0.1) is 0 Å². The van der Waals surface area contributed by atoms with Crippen molar-refractivity contribution in [2.75, 3.05) is 26.8 Å². The maximum Gasteiger partial charge on any atom is 0.244 e. The van der Waals surface area contributed by atoms with E-state index >= 15 is 0 Å². The van der Waals surface area contributed by atoms with E-state index in [1.807, 2.05) is 12.3 Å². The summed E-state index contributed by atoms with van der Waals surface area (Å²) in [6.07, 6.45) is 14.0. The van der Waals surface area contributed by atoms with Crippen LogP contribution in [0, 0.1) is 12.8 Å². The van der Waals surface area contributed by atoms with Crippen molar-refractivity contribution < 1.29 is 9.53 Å². The number of hydrogen-bond donors (Lipinski definition) is 1. The van der Waals surface area contributed by atoms with Crippen molar-refractivity contribution in [1.82, 2.24) is 15.2 Å². The molecule has 1 aliphatic carbocycles. The number of nitrogens with zero attached hydrogens (tertiary/aromatic N) is 2. The molecule has 0 radical (unpaired) electrons. The Morgan fingerprint density at radius 1 is 1.06 bits per heavy atom. The van der Waals surface area contributed by atoms with Crippen LogP contribution >= 0.6 is 0 Å². The minimum atomic E-state index is -0.0153. The molecule has 4 rings (SSSR count). The lowest BCUT2D eigenvalue weighted by atomic mass is 9.85. The van der Waals surface area contributed by atoms with E-state index in [1.165, 1.54) is 18.4 Å². The Bertz CT molecular complexity index is 926. The first-order valence-corrected chi connectivity index (χ1v) is 12.4. The minimum absolute atomic E-state index is 0.0153. The number of nitrogens with one attached hydrogen (secondary N) is 1. The molecule has 5 nitrogen and oxygen atoms in total. The zero-order valence-electron chi connectivity index (χ0n) is 20.0. The summed E-state index contributed by atoms with van der Waals surface area (Å²) in [5, 5.41) is 3.20. The van der Waals surface area contributed by atoms with Crippen LogP contribution in [0.5, 0.6) is 0 Å². The fourth-order valence-electron chi connectivity index (χ4n) is 5.05. The van der Waals surface area contributed by atoms with Crippen LogP contribution in [0.15, 0.2) is 48.8 Å². The van der Waals surface area contributed by atoms with Gasteiger partial charge in [-0.2, -0.15) is 0 Å². The third-order valence-electron chi connectivity index (χ3n) is 7.12. The van der Waals surface area contributed by atoms with Gasteiger partial charge in [-0.25, -0.2) is 0 Å². The molecule has 2 heterocycles. The first-order chi connectivity index (χ1) is 16.1. The van der Waals surface area contributed by atoms with Crippen LogP contribution in [0.25, 0.3) is 17.2 Å². The fraction of sp³-hybridized carbons (Fsp3) is 0.500. The Labute approximate surface area is 198 Å². The van der Waals surface area contributed by atoms with Crippen LogP contribution in [0.3, 0.4) is 0 Å². The molecule has 5 heteroatoms. The average molecular weight is 448 g/mol. The smallest absolute Gasteiger partial charge is 0.244 e. The number of carbonyl (C=O) groups excluding carboxylic acids is 1. The van der Waals surface area contributed by atoms with E-state index in [1.54, 1.807) is 12.3 Å². The molecule has 1 saturated heterocycles. The number of carbonyl (C=O) groups is 1. The number of aryl methyl sites for hydroxylation is 1. The summed E-state index contributed by atoms with van der Waals surface area (Å²) >= 11 is 0. The summed E-state index contributed by atoms with van der Waals surface area (Å²) in [5.74, 6) is 0.718. The lowest BCUT2D eigenvalue weighted by molar-refractivity contribution is -0.117. The van der Waals surface area contributed by atoms with E-state index in [-0.39, 0.29) is 11.9 Å². The van der Waals surface area contributed by atoms with Gasteiger partial charge in [0.15, 0.2) is 0 Å². The van der Waals surface area contributed by atoms with E-state index in [4.69, 9.17) is 4.74 Å². The van der Waals surface area contributed by atoms with Gasteiger partial charge in [-0.05, 0) is 81.7 Å². The SMILES string of the molecule is Cc1ccc(-c2cncc(/C=C/C(=O)NC3CCC(CN(C)C4CCOCC4)CC3)c2)cc1. The number of benzene rings is 1. The van der Waals surface area contributed by atoms with Gasteiger partial charge in [0.2, 0.25) is 5.91 Å². The molecule has 1 aliphatic heterocycles. The van der Waals surface area contributed by atoms with E-state index in [9.17, 15) is 4.79 Å². The predicted octanol–water partition coefficient (Wildman–Crippen LogP) is 4.86. The molecule has 1 aromatic heterocycles. The van der Waals surface area contributed by atoms with Gasteiger partial charge >= 0.3 is 0 Å². The molecule has 1 saturated carbocycles. The van der Waals surface area contributed by atoms with Crippen molar-refractivity contribution in [1.29, 1.82) is 0 Å². The van der Waals surface area contributed by atoms with Crippen molar-refractivity contribution in [2.45, 2.75) is 57.5 Å². The van der Waals surface area contributed by atoms with Gasteiger partial charge in [0.25, 0.3) is 0 Å². The third kappa shape index (κ3) is 6.99. The van der Waals surface area contributed by atoms with Crippen molar-refractivity contribution in [3.63, 3.8) is 0 Å². The molecule has 0 atom stereocenters. The van der Waals surface area contributed by atoms with Crippen LogP contribution < -0.4 is 5.32 Å². The largest absolute Gasteiger partial charge is 0.381 e. The summed E-state index contributed by atoms with van der Waals surface area (Å²) in [5.41, 5.74) is 4.36. The zero-order chi connectivity index (χ0) is 23.0. The molecule has 1 amide bonds. The molecule has 0 unspecified atom stereocenters. The first-order valence-electron chi connectivity index (χ1n) is 12.4. The summed E-state index contributed by atoms with van der Waals surface area (Å²) < 4.78 is 5.49. The van der Waals surface area contributed by atoms with E-state index in [0.717, 1.165) is 68.1 Å². The second kappa shape index (κ2) is 11.6. The predicted molar refractivity (Wildman–Crippen MR) is 134 cm³/mol. The van der Waals surface area contributed by atoms with Crippen LogP contribution in [0.1, 0.15) is 49.7 Å². The summed E-state index contributed by atoms with van der Waals surface area (Å²) in [4.78, 5) is 19.4. The maximum atomic E-state index is 12.5. The zero-order valence-corrected chi connectivity index (χ0v) is 20.0. The van der Waals surface area contributed by atoms with Crippen molar-refractivity contribution in [2.24, 2.45) is 5.92 Å². The summed E-state index contributed by atoms with van der Waals surface area (Å²) in [6, 6.07) is 11.4. The maximum absolute atomic E-state index is 12.5. The Hall–Kier alpha value is -2.50. The molecule has 2 aromatic rings. The number of amides is 1. The van der Waals surface area contributed by atoms with Crippen LogP contribution in [-0.4, -0.2) is 54.7 Å². The van der Waals surface area contributed by atoms with E-state index in [0.29, 0.717) is 6.04 Å². The molecule has 1 aromatic carbocycles. The van der Waals surface area contributed by atoms with Gasteiger partial charge in [0.1, 0.15) is 0 Å². The van der Waals surface area contributed by atoms with Crippen LogP contribution in [-0.2, 0) is 9.53 Å². The standard InChI is InChI=1S/C28H37N3O2/c1-21-3-8-24(9-4-21)25-17-23(18-29-19-25)7-12-28(32)30-26-10-5-22(6-11-26)20-31(2)27-13-15-33-16-14-27/h3-4,7-9,12,17-19,22,26-27H,5-6,10-11,13-16,20H2,1-2H3,(H,30,32)/b12-7+. The second-order valence-electron chi connectivity index (χ2n) is 9.72. The highest BCUT2D eigenvalue weighted by Gasteiger charge is 2.25. The Morgan fingerprint density at radius 3 is 2.52 bits per heavy atom. The quantitative estimate of drug-likeness (QED) is 0.616. The molecule has 2 aliphatic rings. The third-order valence-corrected chi connectivity index (χ3v) is 7.12. The lowest BCUT2D eigenvalue weighted by Crippen LogP contribution is -2.42. The van der Waals surface area contributed by atoms with Gasteiger partial charge < -0.3 is 15.0 Å². The number of hydrogen-bond acceptors (Lipinski definition) is 4. The summed E-state index contributed by atoms with van der Waals surface area (Å²) in [7, 11) is 2.26. The van der Waals surface area contributed by atoms with E-state index in [2.05, 4.69) is 59.5 Å².